The van der Waals surface area contributed by atoms with Crippen molar-refractivity contribution in [1.29, 1.82) is 0 Å². The van der Waals surface area contributed by atoms with Gasteiger partial charge in [-0.3, -0.25) is 9.48 Å². The molecular formula is C21H26F3N7O2. The van der Waals surface area contributed by atoms with Crippen molar-refractivity contribution in [3.8, 4) is 5.88 Å². The van der Waals surface area contributed by atoms with Gasteiger partial charge < -0.3 is 26.8 Å². The molecule has 12 heteroatoms. The fraction of sp³-hybridized carbons (Fsp3) is 0.381. The first kappa shape index (κ1) is 24.1. The quantitative estimate of drug-likeness (QED) is 0.361. The topological polar surface area (TPSA) is 133 Å². The Labute approximate surface area is 188 Å². The minimum atomic E-state index is -3.05. The number of hydrogen-bond acceptors (Lipinski definition) is 7. The van der Waals surface area contributed by atoms with Crippen molar-refractivity contribution in [2.45, 2.75) is 32.9 Å². The van der Waals surface area contributed by atoms with Crippen molar-refractivity contribution in [3.05, 3.63) is 35.6 Å². The average molecular weight is 465 g/mol. The Balaban J connectivity index is 1.99. The molecule has 0 aliphatic heterocycles. The smallest absolute Gasteiger partial charge is 0.388 e. The van der Waals surface area contributed by atoms with E-state index in [-0.39, 0.29) is 35.7 Å². The Hall–Kier alpha value is -3.54. The molecule has 0 aliphatic rings. The molecule has 0 aliphatic carbocycles. The van der Waals surface area contributed by atoms with E-state index in [0.29, 0.717) is 28.9 Å². The molecule has 0 spiro atoms. The maximum Gasteiger partial charge on any atom is 0.388 e. The lowest BCUT2D eigenvalue weighted by Crippen LogP contribution is -2.31. The summed E-state index contributed by atoms with van der Waals surface area (Å²) in [5.41, 5.74) is 11.9. The van der Waals surface area contributed by atoms with Crippen LogP contribution in [0.2, 0.25) is 0 Å². The van der Waals surface area contributed by atoms with Crippen molar-refractivity contribution in [3.63, 3.8) is 0 Å². The number of anilines is 3. The highest BCUT2D eigenvalue weighted by molar-refractivity contribution is 5.99. The molecule has 0 unspecified atom stereocenters. The number of nitrogens with two attached hydrogens (primary N) is 2. The van der Waals surface area contributed by atoms with E-state index < -0.39 is 18.3 Å². The van der Waals surface area contributed by atoms with Crippen molar-refractivity contribution < 1.29 is 22.7 Å². The van der Waals surface area contributed by atoms with Crippen molar-refractivity contribution in [1.82, 2.24) is 14.8 Å². The van der Waals surface area contributed by atoms with Crippen molar-refractivity contribution in [2.75, 3.05) is 17.2 Å². The van der Waals surface area contributed by atoms with Crippen LogP contribution in [-0.4, -0.2) is 39.9 Å². The van der Waals surface area contributed by atoms with Crippen LogP contribution in [0.25, 0.3) is 10.9 Å². The number of hydrogen-bond donors (Lipinski definition) is 4. The van der Waals surface area contributed by atoms with Gasteiger partial charge in [0.1, 0.15) is 5.82 Å². The number of nitrogens with one attached hydrogen (secondary N) is 2. The summed E-state index contributed by atoms with van der Waals surface area (Å²) in [7, 11) is 1.59. The summed E-state index contributed by atoms with van der Waals surface area (Å²) < 4.78 is 46.0. The molecule has 178 valence electrons. The molecule has 0 fully saturated rings. The van der Waals surface area contributed by atoms with Crippen LogP contribution in [-0.2, 0) is 7.05 Å². The van der Waals surface area contributed by atoms with E-state index in [9.17, 15) is 18.0 Å². The lowest BCUT2D eigenvalue weighted by atomic mass is 10.0. The Bertz CT molecular complexity index is 1150. The van der Waals surface area contributed by atoms with Gasteiger partial charge in [-0.05, 0) is 36.6 Å². The van der Waals surface area contributed by atoms with E-state index in [4.69, 9.17) is 11.5 Å². The predicted octanol–water partition coefficient (Wildman–Crippen LogP) is 3.34. The number of aryl methyl sites for hydroxylation is 1. The first-order valence-electron chi connectivity index (χ1n) is 10.2. The van der Waals surface area contributed by atoms with Gasteiger partial charge in [0, 0.05) is 25.3 Å². The number of pyridine rings is 1. The highest BCUT2D eigenvalue weighted by atomic mass is 19.3. The van der Waals surface area contributed by atoms with Crippen molar-refractivity contribution >= 4 is 34.1 Å². The van der Waals surface area contributed by atoms with Crippen LogP contribution in [0, 0.1) is 11.7 Å². The number of halogens is 3. The van der Waals surface area contributed by atoms with Gasteiger partial charge in [0.25, 0.3) is 5.91 Å². The third kappa shape index (κ3) is 5.64. The van der Waals surface area contributed by atoms with E-state index in [0.717, 1.165) is 6.07 Å². The molecule has 6 N–H and O–H groups in total. The van der Waals surface area contributed by atoms with Gasteiger partial charge in [0.05, 0.1) is 16.5 Å². The molecule has 0 radical (unpaired) electrons. The second kappa shape index (κ2) is 9.94. The Morgan fingerprint density at radius 2 is 1.97 bits per heavy atom. The minimum Gasteiger partial charge on any atom is -0.415 e. The number of alkyl halides is 2. The maximum absolute atomic E-state index is 14.6. The van der Waals surface area contributed by atoms with Crippen LogP contribution in [0.15, 0.2) is 24.3 Å². The van der Waals surface area contributed by atoms with E-state index in [2.05, 4.69) is 25.5 Å². The summed E-state index contributed by atoms with van der Waals surface area (Å²) in [5.74, 6) is -1.69. The Morgan fingerprint density at radius 3 is 2.58 bits per heavy atom. The molecule has 0 saturated carbocycles. The van der Waals surface area contributed by atoms with Gasteiger partial charge in [-0.1, -0.05) is 13.8 Å². The summed E-state index contributed by atoms with van der Waals surface area (Å²) in [4.78, 5) is 16.1. The van der Waals surface area contributed by atoms with E-state index in [1.54, 1.807) is 19.2 Å². The standard InChI is InChI=1S/C21H26F3N7O2/c1-10(2)6-12(9-25)28-19-15(22)8-14(17(26)32)18(29-19)27-11-4-5-16-13(7-11)20(30-31(16)3)33-21(23)24/h4-5,7-8,10,12,21H,6,9,25H2,1-3H3,(H2,26,32)(H2,27,28,29)/t12-/m1/s1. The monoisotopic (exact) mass is 465 g/mol. The number of fused-ring (bicyclic) bond motifs is 1. The van der Waals surface area contributed by atoms with Crippen LogP contribution in [0.5, 0.6) is 5.88 Å². The first-order chi connectivity index (χ1) is 15.6. The zero-order valence-electron chi connectivity index (χ0n) is 18.4. The summed E-state index contributed by atoms with van der Waals surface area (Å²) in [6, 6.07) is 5.50. The van der Waals surface area contributed by atoms with Gasteiger partial charge in [-0.2, -0.15) is 8.78 Å². The number of carbonyl (C=O) groups excluding carboxylic acids is 1. The third-order valence-electron chi connectivity index (χ3n) is 4.90. The molecule has 0 bridgehead atoms. The first-order valence-corrected chi connectivity index (χ1v) is 10.2. The van der Waals surface area contributed by atoms with Gasteiger partial charge in [0.2, 0.25) is 5.88 Å². The molecule has 3 rings (SSSR count). The number of rotatable bonds is 10. The molecule has 33 heavy (non-hydrogen) atoms. The SMILES string of the molecule is CC(C)C[C@H](CN)Nc1nc(Nc2ccc3c(c2)c(OC(F)F)nn3C)c(C(N)=O)cc1F. The number of ether oxygens (including phenoxy) is 1. The molecule has 1 atom stereocenters. The summed E-state index contributed by atoms with van der Waals surface area (Å²) in [6.45, 7) is 1.23. The number of amides is 1. The molecule has 9 nitrogen and oxygen atoms in total. The Morgan fingerprint density at radius 1 is 1.24 bits per heavy atom. The third-order valence-corrected chi connectivity index (χ3v) is 4.90. The average Bonchev–Trinajstić information content (AvgIpc) is 3.03. The second-order valence-electron chi connectivity index (χ2n) is 7.95. The highest BCUT2D eigenvalue weighted by Gasteiger charge is 2.20. The highest BCUT2D eigenvalue weighted by Crippen LogP contribution is 2.31. The summed E-state index contributed by atoms with van der Waals surface area (Å²) in [5, 5.41) is 10.1. The predicted molar refractivity (Wildman–Crippen MR) is 119 cm³/mol. The number of benzene rings is 1. The van der Waals surface area contributed by atoms with E-state index in [1.165, 1.54) is 10.7 Å². The van der Waals surface area contributed by atoms with Crippen molar-refractivity contribution in [2.24, 2.45) is 24.4 Å². The lowest BCUT2D eigenvalue weighted by Gasteiger charge is -2.21. The van der Waals surface area contributed by atoms with Gasteiger partial charge in [-0.25, -0.2) is 9.37 Å². The van der Waals surface area contributed by atoms with E-state index in [1.807, 2.05) is 13.8 Å². The molecule has 1 amide bonds. The fourth-order valence-electron chi connectivity index (χ4n) is 3.47. The number of nitrogens with zero attached hydrogens (tertiary/aromatic N) is 3. The molecule has 2 heterocycles. The molecule has 1 aromatic carbocycles. The van der Waals surface area contributed by atoms with Crippen LogP contribution < -0.4 is 26.8 Å². The van der Waals surface area contributed by atoms with Gasteiger partial charge >= 0.3 is 6.61 Å². The second-order valence-corrected chi connectivity index (χ2v) is 7.95. The normalized spacial score (nSPS) is 12.4. The van der Waals surface area contributed by atoms with Crippen LogP contribution in [0.1, 0.15) is 30.6 Å². The largest absolute Gasteiger partial charge is 0.415 e. The summed E-state index contributed by atoms with van der Waals surface area (Å²) in [6.07, 6.45) is 0.683. The lowest BCUT2D eigenvalue weighted by molar-refractivity contribution is -0.0521. The molecule has 2 aromatic heterocycles. The van der Waals surface area contributed by atoms with Gasteiger partial charge in [-0.15, -0.1) is 5.10 Å². The number of primary amides is 1. The van der Waals surface area contributed by atoms with Crippen LogP contribution in [0.3, 0.4) is 0 Å². The van der Waals surface area contributed by atoms with E-state index >= 15 is 0 Å². The van der Waals surface area contributed by atoms with Crippen LogP contribution >= 0.6 is 0 Å². The fourth-order valence-corrected chi connectivity index (χ4v) is 3.47. The summed E-state index contributed by atoms with van der Waals surface area (Å²) >= 11 is 0. The molecule has 0 saturated heterocycles. The van der Waals surface area contributed by atoms with Crippen LogP contribution in [0.4, 0.5) is 30.5 Å². The zero-order chi connectivity index (χ0) is 24.3. The minimum absolute atomic E-state index is 0.00807. The number of aromatic nitrogens is 3. The molecular weight excluding hydrogens is 439 g/mol. The molecule has 3 aromatic rings. The van der Waals surface area contributed by atoms with Gasteiger partial charge in [0.15, 0.2) is 11.6 Å². The zero-order valence-corrected chi connectivity index (χ0v) is 18.4. The maximum atomic E-state index is 14.6. The Kier molecular flexibility index (Phi) is 7.26. The number of carbonyl (C=O) groups is 1.